The van der Waals surface area contributed by atoms with E-state index in [4.69, 9.17) is 5.73 Å². The lowest BCUT2D eigenvalue weighted by Crippen LogP contribution is -2.31. The van der Waals surface area contributed by atoms with Gasteiger partial charge in [-0.15, -0.1) is 0 Å². The zero-order valence-corrected chi connectivity index (χ0v) is 19.8. The summed E-state index contributed by atoms with van der Waals surface area (Å²) in [7, 11) is 2.09. The number of amides is 4. The third kappa shape index (κ3) is 6.04. The highest BCUT2D eigenvalue weighted by Crippen LogP contribution is 2.23. The van der Waals surface area contributed by atoms with Gasteiger partial charge in [-0.05, 0) is 85.6 Å². The Morgan fingerprint density at radius 1 is 0.886 bits per heavy atom. The smallest absolute Gasteiger partial charge is 0.319 e. The van der Waals surface area contributed by atoms with Gasteiger partial charge in [0.1, 0.15) is 0 Å². The Bertz CT molecular complexity index is 1260. The van der Waals surface area contributed by atoms with E-state index in [9.17, 15) is 14.4 Å². The highest BCUT2D eigenvalue weighted by Gasteiger charge is 2.16. The first-order valence-corrected chi connectivity index (χ1v) is 11.5. The monoisotopic (exact) mass is 471 g/mol. The Morgan fingerprint density at radius 3 is 2.37 bits per heavy atom. The summed E-state index contributed by atoms with van der Waals surface area (Å²) in [6.07, 6.45) is 1.01. The molecule has 0 saturated carbocycles. The number of benzene rings is 3. The molecule has 4 rings (SSSR count). The molecule has 0 spiro atoms. The fourth-order valence-corrected chi connectivity index (χ4v) is 4.09. The Hall–Kier alpha value is -4.17. The average molecular weight is 472 g/mol. The van der Waals surface area contributed by atoms with Crippen molar-refractivity contribution in [1.29, 1.82) is 0 Å². The number of nitrogens with zero attached hydrogens (tertiary/aromatic N) is 1. The number of anilines is 2. The highest BCUT2D eigenvalue weighted by molar-refractivity contribution is 6.04. The minimum absolute atomic E-state index is 0.206. The van der Waals surface area contributed by atoms with E-state index >= 15 is 0 Å². The van der Waals surface area contributed by atoms with Crippen molar-refractivity contribution in [2.24, 2.45) is 5.73 Å². The molecule has 0 bridgehead atoms. The van der Waals surface area contributed by atoms with Crippen molar-refractivity contribution in [1.82, 2.24) is 10.2 Å². The molecule has 8 heteroatoms. The van der Waals surface area contributed by atoms with E-state index in [-0.39, 0.29) is 11.9 Å². The Balaban J connectivity index is 1.38. The van der Waals surface area contributed by atoms with Crippen LogP contribution in [0.25, 0.3) is 0 Å². The van der Waals surface area contributed by atoms with Crippen molar-refractivity contribution in [3.8, 4) is 0 Å². The molecule has 4 amide bonds. The first-order valence-electron chi connectivity index (χ1n) is 11.5. The number of urea groups is 1. The van der Waals surface area contributed by atoms with Crippen LogP contribution in [0.4, 0.5) is 16.2 Å². The molecule has 0 saturated heterocycles. The standard InChI is InChI=1S/C27H29N5O3/c1-17(29-27(35)31-23-9-7-19(8-10-23)25(28)33)20-4-3-5-21(14-20)26(34)30-24-11-6-18-12-13-32(2)16-22(18)15-24/h3-11,14-15,17H,12-13,16H2,1-2H3,(H2,28,33)(H,30,34)(H2,29,31,35)/t17-/m1/s1. The normalized spacial score (nSPS) is 13.9. The highest BCUT2D eigenvalue weighted by atomic mass is 16.2. The second kappa shape index (κ2) is 10.4. The van der Waals surface area contributed by atoms with Gasteiger partial charge in [-0.1, -0.05) is 18.2 Å². The van der Waals surface area contributed by atoms with Gasteiger partial charge >= 0.3 is 6.03 Å². The maximum absolute atomic E-state index is 12.9. The Morgan fingerprint density at radius 2 is 1.63 bits per heavy atom. The molecule has 180 valence electrons. The van der Waals surface area contributed by atoms with Crippen LogP contribution in [0.2, 0.25) is 0 Å². The zero-order valence-electron chi connectivity index (χ0n) is 19.8. The van der Waals surface area contributed by atoms with Gasteiger partial charge in [-0.2, -0.15) is 0 Å². The summed E-state index contributed by atoms with van der Waals surface area (Å²) < 4.78 is 0. The van der Waals surface area contributed by atoms with Crippen LogP contribution in [0.1, 0.15) is 50.4 Å². The predicted octanol–water partition coefficient (Wildman–Crippen LogP) is 3.91. The maximum Gasteiger partial charge on any atom is 0.319 e. The molecule has 1 atom stereocenters. The summed E-state index contributed by atoms with van der Waals surface area (Å²) in [5.41, 5.74) is 10.8. The van der Waals surface area contributed by atoms with E-state index in [1.54, 1.807) is 42.5 Å². The molecule has 0 aromatic heterocycles. The fraction of sp³-hybridized carbons (Fsp3) is 0.222. The van der Waals surface area contributed by atoms with Gasteiger partial charge in [0.25, 0.3) is 5.91 Å². The molecular formula is C27H29N5O3. The second-order valence-electron chi connectivity index (χ2n) is 8.81. The van der Waals surface area contributed by atoms with Crippen molar-refractivity contribution in [2.45, 2.75) is 25.9 Å². The SMILES string of the molecule is C[C@@H](NC(=O)Nc1ccc(C(N)=O)cc1)c1cccc(C(=O)Nc2ccc3c(c2)CN(C)CC3)c1. The third-order valence-electron chi connectivity index (χ3n) is 6.09. The zero-order chi connectivity index (χ0) is 24.9. The van der Waals surface area contributed by atoms with Gasteiger partial charge in [0.05, 0.1) is 6.04 Å². The molecular weight excluding hydrogens is 442 g/mol. The van der Waals surface area contributed by atoms with Crippen molar-refractivity contribution in [2.75, 3.05) is 24.2 Å². The molecule has 0 aliphatic carbocycles. The summed E-state index contributed by atoms with van der Waals surface area (Å²) in [5.74, 6) is -0.736. The molecule has 0 unspecified atom stereocenters. The van der Waals surface area contributed by atoms with E-state index in [0.717, 1.165) is 30.8 Å². The largest absolute Gasteiger partial charge is 0.366 e. The van der Waals surface area contributed by atoms with Gasteiger partial charge < -0.3 is 26.6 Å². The summed E-state index contributed by atoms with van der Waals surface area (Å²) in [6.45, 7) is 3.75. The first-order chi connectivity index (χ1) is 16.8. The number of primary amides is 1. The quantitative estimate of drug-likeness (QED) is 0.436. The lowest BCUT2D eigenvalue weighted by atomic mass is 9.99. The first kappa shape index (κ1) is 24.0. The number of nitrogens with one attached hydrogen (secondary N) is 3. The summed E-state index contributed by atoms with van der Waals surface area (Å²) in [6, 6.07) is 18.8. The number of hydrogen-bond donors (Lipinski definition) is 4. The fourth-order valence-electron chi connectivity index (χ4n) is 4.09. The molecule has 5 N–H and O–H groups in total. The molecule has 0 fully saturated rings. The number of nitrogens with two attached hydrogens (primary N) is 1. The van der Waals surface area contributed by atoms with Crippen LogP contribution in [0.5, 0.6) is 0 Å². The number of carbonyl (C=O) groups excluding carboxylic acids is 3. The Kier molecular flexibility index (Phi) is 7.12. The molecule has 1 aliphatic heterocycles. The molecule has 1 aliphatic rings. The minimum Gasteiger partial charge on any atom is -0.366 e. The van der Waals surface area contributed by atoms with Crippen LogP contribution in [-0.4, -0.2) is 36.3 Å². The van der Waals surface area contributed by atoms with Gasteiger partial charge in [0.15, 0.2) is 0 Å². The van der Waals surface area contributed by atoms with Gasteiger partial charge in [-0.3, -0.25) is 9.59 Å². The number of fused-ring (bicyclic) bond motifs is 1. The average Bonchev–Trinajstić information content (AvgIpc) is 2.84. The van der Waals surface area contributed by atoms with E-state index in [0.29, 0.717) is 16.8 Å². The number of hydrogen-bond acceptors (Lipinski definition) is 4. The van der Waals surface area contributed by atoms with Crippen molar-refractivity contribution >= 4 is 29.2 Å². The number of carbonyl (C=O) groups is 3. The van der Waals surface area contributed by atoms with Crippen molar-refractivity contribution < 1.29 is 14.4 Å². The van der Waals surface area contributed by atoms with E-state index in [1.807, 2.05) is 25.1 Å². The van der Waals surface area contributed by atoms with E-state index < -0.39 is 11.9 Å². The van der Waals surface area contributed by atoms with Crippen molar-refractivity contribution in [3.05, 3.63) is 94.5 Å². The second-order valence-corrected chi connectivity index (χ2v) is 8.81. The van der Waals surface area contributed by atoms with Crippen molar-refractivity contribution in [3.63, 3.8) is 0 Å². The molecule has 35 heavy (non-hydrogen) atoms. The summed E-state index contributed by atoms with van der Waals surface area (Å²) in [4.78, 5) is 38.8. The lowest BCUT2D eigenvalue weighted by molar-refractivity contribution is 0.0997. The topological polar surface area (TPSA) is 117 Å². The van der Waals surface area contributed by atoms with Gasteiger partial charge in [0.2, 0.25) is 5.91 Å². The van der Waals surface area contributed by atoms with Crippen LogP contribution >= 0.6 is 0 Å². The molecule has 3 aromatic carbocycles. The van der Waals surface area contributed by atoms with Crippen LogP contribution in [-0.2, 0) is 13.0 Å². The molecule has 1 heterocycles. The lowest BCUT2D eigenvalue weighted by Gasteiger charge is -2.25. The van der Waals surface area contributed by atoms with Crippen LogP contribution in [0.3, 0.4) is 0 Å². The summed E-state index contributed by atoms with van der Waals surface area (Å²) >= 11 is 0. The predicted molar refractivity (Wildman–Crippen MR) is 136 cm³/mol. The van der Waals surface area contributed by atoms with E-state index in [2.05, 4.69) is 34.0 Å². The van der Waals surface area contributed by atoms with Crippen LogP contribution in [0, 0.1) is 0 Å². The number of likely N-dealkylation sites (N-methyl/N-ethyl adjacent to an activating group) is 1. The maximum atomic E-state index is 12.9. The van der Waals surface area contributed by atoms with Gasteiger partial charge in [0, 0.05) is 35.6 Å². The third-order valence-corrected chi connectivity index (χ3v) is 6.09. The molecule has 3 aromatic rings. The van der Waals surface area contributed by atoms with Crippen LogP contribution < -0.4 is 21.7 Å². The summed E-state index contributed by atoms with van der Waals surface area (Å²) in [5, 5.41) is 8.57. The molecule has 0 radical (unpaired) electrons. The number of rotatable bonds is 6. The van der Waals surface area contributed by atoms with E-state index in [1.165, 1.54) is 11.1 Å². The van der Waals surface area contributed by atoms with Gasteiger partial charge in [-0.25, -0.2) is 4.79 Å². The minimum atomic E-state index is -0.530. The Labute approximate surface area is 204 Å². The van der Waals surface area contributed by atoms with Crippen LogP contribution in [0.15, 0.2) is 66.7 Å². The molecule has 8 nitrogen and oxygen atoms in total.